The van der Waals surface area contributed by atoms with Gasteiger partial charge >= 0.3 is 6.03 Å². The van der Waals surface area contributed by atoms with E-state index in [2.05, 4.69) is 5.32 Å². The average Bonchev–Trinajstić information content (AvgIpc) is 2.97. The fraction of sp³-hybridized carbons (Fsp3) is 0.304. The Kier molecular flexibility index (Phi) is 6.67. The van der Waals surface area contributed by atoms with E-state index < -0.39 is 11.9 Å². The standard InChI is InChI=1S/C23H25ClN2O4/c1-5-15(3)30-21-18(24)10-17(12-20(21)29-4)11-19-22(27)26(23(28)25-19)13-16-8-6-7-14(2)9-16/h6-12,15H,5,13H2,1-4H3,(H,25,28)/b19-11+/t15-/m1/s1. The fourth-order valence-corrected chi connectivity index (χ4v) is 3.36. The van der Waals surface area contributed by atoms with Gasteiger partial charge in [0, 0.05) is 0 Å². The second-order valence-corrected chi connectivity index (χ2v) is 7.65. The number of imide groups is 1. The van der Waals surface area contributed by atoms with E-state index in [1.165, 1.54) is 12.0 Å². The topological polar surface area (TPSA) is 67.9 Å². The van der Waals surface area contributed by atoms with Gasteiger partial charge in [0.1, 0.15) is 5.70 Å². The van der Waals surface area contributed by atoms with Crippen LogP contribution in [0.5, 0.6) is 11.5 Å². The molecule has 158 valence electrons. The maximum atomic E-state index is 12.8. The Morgan fingerprint density at radius 3 is 2.67 bits per heavy atom. The lowest BCUT2D eigenvalue weighted by molar-refractivity contribution is -0.123. The maximum absolute atomic E-state index is 12.8. The summed E-state index contributed by atoms with van der Waals surface area (Å²) in [7, 11) is 1.53. The number of urea groups is 1. The minimum Gasteiger partial charge on any atom is -0.493 e. The first-order valence-corrected chi connectivity index (χ1v) is 10.1. The first-order chi connectivity index (χ1) is 14.3. The summed E-state index contributed by atoms with van der Waals surface area (Å²) in [6.45, 7) is 6.13. The molecule has 1 atom stereocenters. The van der Waals surface area contributed by atoms with Crippen LogP contribution in [0.1, 0.15) is 37.0 Å². The Morgan fingerprint density at radius 1 is 1.23 bits per heavy atom. The molecule has 30 heavy (non-hydrogen) atoms. The zero-order chi connectivity index (χ0) is 21.8. The molecule has 1 N–H and O–H groups in total. The van der Waals surface area contributed by atoms with Gasteiger partial charge in [0.15, 0.2) is 11.5 Å². The highest BCUT2D eigenvalue weighted by atomic mass is 35.5. The predicted octanol–water partition coefficient (Wildman–Crippen LogP) is 4.93. The van der Waals surface area contributed by atoms with Crippen LogP contribution in [0.25, 0.3) is 6.08 Å². The molecule has 0 spiro atoms. The number of aryl methyl sites for hydroxylation is 1. The number of carbonyl (C=O) groups is 2. The van der Waals surface area contributed by atoms with Crippen molar-refractivity contribution in [3.63, 3.8) is 0 Å². The van der Waals surface area contributed by atoms with Crippen molar-refractivity contribution in [1.82, 2.24) is 10.2 Å². The zero-order valence-corrected chi connectivity index (χ0v) is 18.2. The monoisotopic (exact) mass is 428 g/mol. The van der Waals surface area contributed by atoms with Gasteiger partial charge in [-0.25, -0.2) is 4.79 Å². The van der Waals surface area contributed by atoms with Crippen molar-refractivity contribution >= 4 is 29.6 Å². The number of nitrogens with one attached hydrogen (secondary N) is 1. The van der Waals surface area contributed by atoms with E-state index >= 15 is 0 Å². The Labute approximate surface area is 181 Å². The Bertz CT molecular complexity index is 1000. The normalized spacial score (nSPS) is 16.0. The highest BCUT2D eigenvalue weighted by Gasteiger charge is 2.33. The predicted molar refractivity (Wildman–Crippen MR) is 117 cm³/mol. The molecule has 6 nitrogen and oxygen atoms in total. The average molecular weight is 429 g/mol. The SMILES string of the molecule is CC[C@@H](C)Oc1c(Cl)cc(/C=C2/NC(=O)N(Cc3cccc(C)c3)C2=O)cc1OC. The molecule has 1 aliphatic heterocycles. The summed E-state index contributed by atoms with van der Waals surface area (Å²) in [6.07, 6.45) is 2.38. The second-order valence-electron chi connectivity index (χ2n) is 7.24. The summed E-state index contributed by atoms with van der Waals surface area (Å²) in [5.41, 5.74) is 2.75. The molecular weight excluding hydrogens is 404 g/mol. The number of hydrogen-bond acceptors (Lipinski definition) is 4. The Hall–Kier alpha value is -2.99. The highest BCUT2D eigenvalue weighted by molar-refractivity contribution is 6.32. The molecule has 0 unspecified atom stereocenters. The van der Waals surface area contributed by atoms with Gasteiger partial charge in [-0.05, 0) is 49.6 Å². The first kappa shape index (κ1) is 21.7. The molecule has 0 aromatic heterocycles. The molecular formula is C23H25ClN2O4. The van der Waals surface area contributed by atoms with E-state index in [9.17, 15) is 9.59 Å². The van der Waals surface area contributed by atoms with Crippen molar-refractivity contribution in [3.8, 4) is 11.5 Å². The van der Waals surface area contributed by atoms with Crippen molar-refractivity contribution in [1.29, 1.82) is 0 Å². The number of methoxy groups -OCH3 is 1. The molecule has 2 aromatic rings. The van der Waals surface area contributed by atoms with E-state index in [1.54, 1.807) is 18.2 Å². The number of halogens is 1. The molecule has 0 radical (unpaired) electrons. The lowest BCUT2D eigenvalue weighted by Gasteiger charge is -2.17. The maximum Gasteiger partial charge on any atom is 0.329 e. The molecule has 3 amide bonds. The number of amides is 3. The van der Waals surface area contributed by atoms with Gasteiger partial charge in [-0.15, -0.1) is 0 Å². The van der Waals surface area contributed by atoms with Crippen LogP contribution < -0.4 is 14.8 Å². The fourth-order valence-electron chi connectivity index (χ4n) is 3.10. The molecule has 1 saturated heterocycles. The van der Waals surface area contributed by atoms with Crippen LogP contribution in [0.15, 0.2) is 42.1 Å². The van der Waals surface area contributed by atoms with E-state index in [0.717, 1.165) is 17.5 Å². The molecule has 0 saturated carbocycles. The minimum atomic E-state index is -0.456. The third-order valence-electron chi connectivity index (χ3n) is 4.84. The number of carbonyl (C=O) groups excluding carboxylic acids is 2. The highest BCUT2D eigenvalue weighted by Crippen LogP contribution is 2.38. The van der Waals surface area contributed by atoms with Crippen LogP contribution in [0.2, 0.25) is 5.02 Å². The lowest BCUT2D eigenvalue weighted by atomic mass is 10.1. The summed E-state index contributed by atoms with van der Waals surface area (Å²) < 4.78 is 11.3. The molecule has 7 heteroatoms. The van der Waals surface area contributed by atoms with E-state index in [-0.39, 0.29) is 18.3 Å². The summed E-state index contributed by atoms with van der Waals surface area (Å²) in [5, 5.41) is 3.00. The van der Waals surface area contributed by atoms with Crippen LogP contribution in [0, 0.1) is 6.92 Å². The molecule has 0 aliphatic carbocycles. The summed E-state index contributed by atoms with van der Waals surface area (Å²) in [5.74, 6) is 0.526. The number of nitrogens with zero attached hydrogens (tertiary/aromatic N) is 1. The minimum absolute atomic E-state index is 0.0218. The largest absolute Gasteiger partial charge is 0.493 e. The first-order valence-electron chi connectivity index (χ1n) is 9.76. The summed E-state index contributed by atoms with van der Waals surface area (Å²) >= 11 is 6.40. The molecule has 3 rings (SSSR count). The van der Waals surface area contributed by atoms with Gasteiger partial charge in [-0.2, -0.15) is 0 Å². The van der Waals surface area contributed by atoms with Gasteiger partial charge < -0.3 is 14.8 Å². The van der Waals surface area contributed by atoms with Crippen LogP contribution in [-0.4, -0.2) is 30.1 Å². The number of ether oxygens (including phenoxy) is 2. The van der Waals surface area contributed by atoms with E-state index in [4.69, 9.17) is 21.1 Å². The van der Waals surface area contributed by atoms with Gasteiger partial charge in [-0.1, -0.05) is 48.4 Å². The van der Waals surface area contributed by atoms with Gasteiger partial charge in [-0.3, -0.25) is 9.69 Å². The summed E-state index contributed by atoms with van der Waals surface area (Å²) in [6, 6.07) is 10.6. The van der Waals surface area contributed by atoms with Crippen molar-refractivity contribution in [3.05, 3.63) is 63.8 Å². The lowest BCUT2D eigenvalue weighted by Crippen LogP contribution is -2.30. The van der Waals surface area contributed by atoms with Crippen LogP contribution in [-0.2, 0) is 11.3 Å². The van der Waals surface area contributed by atoms with Gasteiger partial charge in [0.2, 0.25) is 0 Å². The Balaban J connectivity index is 1.85. The number of hydrogen-bond donors (Lipinski definition) is 1. The Morgan fingerprint density at radius 2 is 2.00 bits per heavy atom. The van der Waals surface area contributed by atoms with Crippen LogP contribution in [0.3, 0.4) is 0 Å². The van der Waals surface area contributed by atoms with Gasteiger partial charge in [0.05, 0.1) is 24.8 Å². The third-order valence-corrected chi connectivity index (χ3v) is 5.12. The third kappa shape index (κ3) is 4.76. The van der Waals surface area contributed by atoms with Crippen molar-refractivity contribution < 1.29 is 19.1 Å². The van der Waals surface area contributed by atoms with E-state index in [0.29, 0.717) is 22.1 Å². The molecule has 1 aliphatic rings. The van der Waals surface area contributed by atoms with Crippen LogP contribution in [0.4, 0.5) is 4.79 Å². The number of benzene rings is 2. The van der Waals surface area contributed by atoms with E-state index in [1.807, 2.05) is 45.0 Å². The number of rotatable bonds is 7. The van der Waals surface area contributed by atoms with Crippen LogP contribution >= 0.6 is 11.6 Å². The smallest absolute Gasteiger partial charge is 0.329 e. The van der Waals surface area contributed by atoms with Crippen molar-refractivity contribution in [2.45, 2.75) is 39.8 Å². The quantitative estimate of drug-likeness (QED) is 0.501. The van der Waals surface area contributed by atoms with Gasteiger partial charge in [0.25, 0.3) is 5.91 Å². The molecule has 0 bridgehead atoms. The zero-order valence-electron chi connectivity index (χ0n) is 17.5. The van der Waals surface area contributed by atoms with Crippen molar-refractivity contribution in [2.75, 3.05) is 7.11 Å². The molecule has 1 fully saturated rings. The van der Waals surface area contributed by atoms with Crippen molar-refractivity contribution in [2.24, 2.45) is 0 Å². The summed E-state index contributed by atoms with van der Waals surface area (Å²) in [4.78, 5) is 26.3. The molecule has 1 heterocycles. The molecule has 2 aromatic carbocycles. The second kappa shape index (κ2) is 9.22.